The van der Waals surface area contributed by atoms with Crippen LogP contribution >= 0.6 is 0 Å². The van der Waals surface area contributed by atoms with Gasteiger partial charge in [0.1, 0.15) is 11.8 Å². The van der Waals surface area contributed by atoms with Gasteiger partial charge in [-0.05, 0) is 36.2 Å². The number of amides is 1. The van der Waals surface area contributed by atoms with Crippen LogP contribution in [0.15, 0.2) is 36.5 Å². The number of rotatable bonds is 2. The molecular weight excluding hydrogens is 266 g/mol. The van der Waals surface area contributed by atoms with Crippen molar-refractivity contribution in [2.45, 2.75) is 13.5 Å². The van der Waals surface area contributed by atoms with Gasteiger partial charge in [0.2, 0.25) is 0 Å². The third-order valence-electron chi connectivity index (χ3n) is 3.47. The number of carbonyl (C=O) groups excluding carboxylic acids is 2. The molecule has 0 saturated heterocycles. The maximum atomic E-state index is 12.2. The number of benzene rings is 1. The van der Waals surface area contributed by atoms with Gasteiger partial charge in [-0.2, -0.15) is 5.26 Å². The van der Waals surface area contributed by atoms with Crippen LogP contribution in [0.1, 0.15) is 27.2 Å². The monoisotopic (exact) mass is 277 g/mol. The van der Waals surface area contributed by atoms with Gasteiger partial charge >= 0.3 is 0 Å². The summed E-state index contributed by atoms with van der Waals surface area (Å²) in [5.74, 6) is -1.02. The van der Waals surface area contributed by atoms with Gasteiger partial charge < -0.3 is 4.90 Å². The number of aryl methyl sites for hydroxylation is 1. The molecule has 0 radical (unpaired) electrons. The molecule has 1 aliphatic heterocycles. The lowest BCUT2D eigenvalue weighted by Crippen LogP contribution is -2.29. The van der Waals surface area contributed by atoms with Crippen LogP contribution < -0.4 is 4.90 Å². The Morgan fingerprint density at radius 3 is 2.86 bits per heavy atom. The minimum atomic E-state index is -0.533. The van der Waals surface area contributed by atoms with Crippen molar-refractivity contribution < 1.29 is 9.59 Å². The quantitative estimate of drug-likeness (QED) is 0.787. The first-order valence-electron chi connectivity index (χ1n) is 6.42. The average Bonchev–Trinajstić information content (AvgIpc) is 2.74. The van der Waals surface area contributed by atoms with Crippen molar-refractivity contribution in [3.63, 3.8) is 0 Å². The number of ketones is 1. The van der Waals surface area contributed by atoms with Gasteiger partial charge in [-0.3, -0.25) is 9.59 Å². The third kappa shape index (κ3) is 2.07. The lowest BCUT2D eigenvalue weighted by Gasteiger charge is -2.18. The van der Waals surface area contributed by atoms with Gasteiger partial charge in [-0.15, -0.1) is 0 Å². The van der Waals surface area contributed by atoms with E-state index >= 15 is 0 Å². The fraction of sp³-hybridized carbons (Fsp3) is 0.125. The molecule has 3 rings (SSSR count). The Hall–Kier alpha value is -3.00. The highest BCUT2D eigenvalue weighted by molar-refractivity contribution is 6.52. The number of hydrogen-bond acceptors (Lipinski definition) is 4. The molecule has 1 amide bonds. The van der Waals surface area contributed by atoms with Crippen LogP contribution in [-0.4, -0.2) is 16.7 Å². The van der Waals surface area contributed by atoms with Gasteiger partial charge in [0.05, 0.1) is 17.8 Å². The van der Waals surface area contributed by atoms with Crippen LogP contribution in [0.2, 0.25) is 0 Å². The van der Waals surface area contributed by atoms with Gasteiger partial charge in [0, 0.05) is 6.20 Å². The fourth-order valence-electron chi connectivity index (χ4n) is 2.51. The van der Waals surface area contributed by atoms with Crippen LogP contribution in [0, 0.1) is 18.3 Å². The maximum absolute atomic E-state index is 12.2. The highest BCUT2D eigenvalue weighted by Crippen LogP contribution is 2.33. The van der Waals surface area contributed by atoms with Crippen LogP contribution in [0.5, 0.6) is 0 Å². The van der Waals surface area contributed by atoms with Crippen LogP contribution in [-0.2, 0) is 11.3 Å². The summed E-state index contributed by atoms with van der Waals surface area (Å²) in [4.78, 5) is 29.5. The lowest BCUT2D eigenvalue weighted by atomic mass is 10.1. The molecule has 0 aliphatic carbocycles. The maximum Gasteiger partial charge on any atom is 0.299 e. The molecule has 21 heavy (non-hydrogen) atoms. The molecule has 0 atom stereocenters. The van der Waals surface area contributed by atoms with Crippen LogP contribution in [0.4, 0.5) is 5.69 Å². The Bertz CT molecular complexity index is 805. The van der Waals surface area contributed by atoms with Crippen molar-refractivity contribution in [1.82, 2.24) is 4.98 Å². The molecule has 0 spiro atoms. The minimum Gasteiger partial charge on any atom is -0.300 e. The molecule has 1 aromatic heterocycles. The number of Topliss-reactive ketones (excluding diaryl/α,β-unsaturated/α-hetero) is 1. The van der Waals surface area contributed by atoms with Crippen molar-refractivity contribution in [2.75, 3.05) is 4.90 Å². The summed E-state index contributed by atoms with van der Waals surface area (Å²) in [5.41, 5.74) is 3.02. The third-order valence-corrected chi connectivity index (χ3v) is 3.47. The second-order valence-electron chi connectivity index (χ2n) is 4.85. The normalized spacial score (nSPS) is 13.2. The Labute approximate surface area is 121 Å². The molecule has 0 saturated carbocycles. The number of nitriles is 1. The van der Waals surface area contributed by atoms with Gasteiger partial charge in [-0.1, -0.05) is 12.1 Å². The Kier molecular flexibility index (Phi) is 2.99. The highest BCUT2D eigenvalue weighted by Gasteiger charge is 2.36. The predicted octanol–water partition coefficient (Wildman–Crippen LogP) is 1.99. The van der Waals surface area contributed by atoms with Crippen molar-refractivity contribution in [2.24, 2.45) is 0 Å². The molecule has 0 bridgehead atoms. The summed E-state index contributed by atoms with van der Waals surface area (Å²) in [5, 5.41) is 8.87. The van der Waals surface area contributed by atoms with E-state index in [2.05, 4.69) is 4.98 Å². The number of hydrogen-bond donors (Lipinski definition) is 0. The van der Waals surface area contributed by atoms with E-state index in [4.69, 9.17) is 5.26 Å². The summed E-state index contributed by atoms with van der Waals surface area (Å²) < 4.78 is 0. The van der Waals surface area contributed by atoms with Crippen molar-refractivity contribution >= 4 is 17.4 Å². The molecule has 102 valence electrons. The smallest absolute Gasteiger partial charge is 0.299 e. The highest BCUT2D eigenvalue weighted by atomic mass is 16.2. The van der Waals surface area contributed by atoms with E-state index in [9.17, 15) is 9.59 Å². The summed E-state index contributed by atoms with van der Waals surface area (Å²) >= 11 is 0. The number of anilines is 1. The average molecular weight is 277 g/mol. The van der Waals surface area contributed by atoms with Crippen molar-refractivity contribution in [3.8, 4) is 6.07 Å². The standard InChI is InChI=1S/C16H11N3O2/c1-10-3-2-4-13-14(10)19(16(21)15(13)20)9-11-5-6-18-12(7-11)8-17/h2-7H,9H2,1H3. The number of nitrogens with zero attached hydrogens (tertiary/aromatic N) is 3. The van der Waals surface area contributed by atoms with Gasteiger partial charge in [0.25, 0.3) is 11.7 Å². The Balaban J connectivity index is 2.02. The SMILES string of the molecule is Cc1cccc2c1N(Cc1ccnc(C#N)c1)C(=O)C2=O. The molecule has 2 aromatic rings. The summed E-state index contributed by atoms with van der Waals surface area (Å²) in [7, 11) is 0. The molecule has 1 aliphatic rings. The largest absolute Gasteiger partial charge is 0.300 e. The Morgan fingerprint density at radius 2 is 2.10 bits per heavy atom. The zero-order valence-electron chi connectivity index (χ0n) is 11.3. The lowest BCUT2D eigenvalue weighted by molar-refractivity contribution is -0.114. The van der Waals surface area contributed by atoms with E-state index in [-0.39, 0.29) is 12.2 Å². The predicted molar refractivity (Wildman–Crippen MR) is 75.7 cm³/mol. The first-order valence-corrected chi connectivity index (χ1v) is 6.42. The number of carbonyl (C=O) groups is 2. The number of para-hydroxylation sites is 1. The first kappa shape index (κ1) is 13.0. The topological polar surface area (TPSA) is 74.1 Å². The van der Waals surface area contributed by atoms with E-state index in [1.54, 1.807) is 24.3 Å². The zero-order chi connectivity index (χ0) is 15.0. The van der Waals surface area contributed by atoms with Crippen molar-refractivity contribution in [1.29, 1.82) is 5.26 Å². The van der Waals surface area contributed by atoms with Crippen LogP contribution in [0.25, 0.3) is 0 Å². The van der Waals surface area contributed by atoms with E-state index in [1.165, 1.54) is 11.1 Å². The Morgan fingerprint density at radius 1 is 1.29 bits per heavy atom. The van der Waals surface area contributed by atoms with E-state index in [0.717, 1.165) is 11.1 Å². The fourth-order valence-corrected chi connectivity index (χ4v) is 2.51. The number of pyridine rings is 1. The number of aromatic nitrogens is 1. The molecule has 0 unspecified atom stereocenters. The minimum absolute atomic E-state index is 0.250. The zero-order valence-corrected chi connectivity index (χ0v) is 11.3. The molecular formula is C16H11N3O2. The van der Waals surface area contributed by atoms with E-state index in [1.807, 2.05) is 19.1 Å². The second kappa shape index (κ2) is 4.84. The molecule has 1 aromatic carbocycles. The van der Waals surface area contributed by atoms with E-state index < -0.39 is 11.7 Å². The van der Waals surface area contributed by atoms with Crippen molar-refractivity contribution in [3.05, 3.63) is 58.9 Å². The number of fused-ring (bicyclic) bond motifs is 1. The van der Waals surface area contributed by atoms with E-state index in [0.29, 0.717) is 11.3 Å². The molecule has 5 heteroatoms. The molecule has 5 nitrogen and oxygen atoms in total. The second-order valence-corrected chi connectivity index (χ2v) is 4.85. The molecule has 0 N–H and O–H groups in total. The summed E-state index contributed by atoms with van der Waals surface area (Å²) in [6, 6.07) is 10.6. The first-order chi connectivity index (χ1) is 10.1. The van der Waals surface area contributed by atoms with Gasteiger partial charge in [0.15, 0.2) is 0 Å². The summed E-state index contributed by atoms with van der Waals surface area (Å²) in [6.07, 6.45) is 1.52. The van der Waals surface area contributed by atoms with Gasteiger partial charge in [-0.25, -0.2) is 4.98 Å². The molecule has 0 fully saturated rings. The molecule has 2 heterocycles. The summed E-state index contributed by atoms with van der Waals surface area (Å²) in [6.45, 7) is 2.12. The van der Waals surface area contributed by atoms with Crippen LogP contribution in [0.3, 0.4) is 0 Å².